The molecule has 6 N–H and O–H groups in total. The Hall–Kier alpha value is -9.85. The van der Waals surface area contributed by atoms with Gasteiger partial charge < -0.3 is 88.2 Å². The van der Waals surface area contributed by atoms with Crippen molar-refractivity contribution in [3.8, 4) is 44.5 Å². The van der Waals surface area contributed by atoms with E-state index in [4.69, 9.17) is 19.8 Å². The summed E-state index contributed by atoms with van der Waals surface area (Å²) in [5.41, 5.74) is 11.8. The number of nitrogens with zero attached hydrogens (tertiary/aromatic N) is 6. The molecule has 14 aromatic rings. The molecule has 0 amide bonds. The van der Waals surface area contributed by atoms with Gasteiger partial charge in [0.2, 0.25) is 0 Å². The fourth-order valence-electron chi connectivity index (χ4n) is 12.8. The van der Waals surface area contributed by atoms with E-state index in [1.807, 2.05) is 206 Å². The first-order valence-corrected chi connectivity index (χ1v) is 41.9. The number of aliphatic carboxylic acids is 2. The van der Waals surface area contributed by atoms with Crippen LogP contribution in [0.2, 0.25) is 0 Å². The topological polar surface area (TPSA) is 468 Å². The third kappa shape index (κ3) is 28.6. The molecule has 122 heavy (non-hydrogen) atoms. The maximum Gasteiger partial charge on any atom is 2.00 e. The van der Waals surface area contributed by atoms with Gasteiger partial charge in [0, 0.05) is 96.6 Å². The molecular formula is C90H86Co4N6O18P4. The minimum absolute atomic E-state index is 0. The van der Waals surface area contributed by atoms with E-state index in [2.05, 4.69) is 29.9 Å². The van der Waals surface area contributed by atoms with Crippen molar-refractivity contribution in [3.63, 3.8) is 0 Å². The van der Waals surface area contributed by atoms with Crippen LogP contribution in [-0.4, -0.2) is 62.6 Å². The molecule has 6 heterocycles. The average molecular weight is 1900 g/mol. The molecule has 640 valence electrons. The van der Waals surface area contributed by atoms with Crippen LogP contribution >= 0.6 is 30.4 Å². The number of pyridine rings is 6. The minimum Gasteiger partial charge on any atom is -0.810 e. The van der Waals surface area contributed by atoms with Gasteiger partial charge in [-0.1, -0.05) is 246 Å². The molecule has 2 unspecified atom stereocenters. The quantitative estimate of drug-likeness (QED) is 0.155. The SMILES string of the molecule is CC(=O)[O-].CC(=O)[O-].CC1(P(=O)([O-])O)c2ccccc2-c2ccccc21.CC1(P(=O)([O-])O)c2ccccc2-c2ccccc21.CC1(P(=O)([O-])[O-])c2ccccc2-c2ccccc21.CC1(P(=O)([O-])[O-])c2ccccc2-c2ccccc21.O.O.[Co+2].[Co+2].[Co+2].[Co+2].c1ccncc1.c1ccncc1.c1ccncc1.c1ccncc1.c1ccncc1.c1ccncc1. The van der Waals surface area contributed by atoms with Crippen LogP contribution in [0, 0.1) is 0 Å². The Labute approximate surface area is 750 Å². The monoisotopic (exact) mass is 1900 g/mol. The second kappa shape index (κ2) is 52.6. The van der Waals surface area contributed by atoms with Crippen LogP contribution in [0.25, 0.3) is 44.5 Å². The number of carbonyl (C=O) groups excluding carboxylic acids is 2. The molecule has 0 saturated carbocycles. The van der Waals surface area contributed by atoms with Crippen LogP contribution in [0.3, 0.4) is 0 Å². The molecule has 4 radical (unpaired) electrons. The first kappa shape index (κ1) is 110. The van der Waals surface area contributed by atoms with Crippen molar-refractivity contribution < 1.29 is 155 Å². The summed E-state index contributed by atoms with van der Waals surface area (Å²) < 4.78 is 47.2. The van der Waals surface area contributed by atoms with E-state index in [0.717, 1.165) is 58.4 Å². The summed E-state index contributed by atoms with van der Waals surface area (Å²) in [5, 5.41) is 12.2. The van der Waals surface area contributed by atoms with E-state index in [-0.39, 0.29) is 78.1 Å². The standard InChI is InChI=1S/4C14H13O3P.6C5H5N.2C2H4O2.4Co.2H2O/c4*1-14(18(15,16)17)12-8-4-2-6-10(12)11-7-3-5-9-13(11)14;6*1-2-4-6-5-3-1;2*1-2(3)4;;;;;;/h4*2-9H,1H3,(H2,15,16,17);6*1-5H;2*1H3,(H,3,4);;;;;2*1H2/q;;;;;;;;;;;;4*+2;;/p-8. The van der Waals surface area contributed by atoms with Crippen molar-refractivity contribution in [2.75, 3.05) is 0 Å². The molecule has 18 rings (SSSR count). The van der Waals surface area contributed by atoms with Gasteiger partial charge in [-0.25, -0.2) is 0 Å². The Morgan fingerprint density at radius 3 is 0.426 bits per heavy atom. The van der Waals surface area contributed by atoms with Crippen LogP contribution in [0.1, 0.15) is 86.1 Å². The summed E-state index contributed by atoms with van der Waals surface area (Å²) in [6.45, 7) is 8.06. The average Bonchev–Trinajstić information content (AvgIpc) is 1.58. The van der Waals surface area contributed by atoms with E-state index in [9.17, 15) is 57.4 Å². The molecular weight excluding hydrogens is 1810 g/mol. The number of carbonyl (C=O) groups is 2. The number of aromatic nitrogens is 6. The molecule has 4 aliphatic rings. The van der Waals surface area contributed by atoms with Crippen molar-refractivity contribution in [1.82, 2.24) is 29.9 Å². The summed E-state index contributed by atoms with van der Waals surface area (Å²) in [4.78, 5) is 131. The van der Waals surface area contributed by atoms with Crippen molar-refractivity contribution in [2.24, 2.45) is 0 Å². The molecule has 0 bridgehead atoms. The summed E-state index contributed by atoms with van der Waals surface area (Å²) >= 11 is 0. The van der Waals surface area contributed by atoms with Gasteiger partial charge >= 0.3 is 67.1 Å². The van der Waals surface area contributed by atoms with Crippen LogP contribution < -0.4 is 39.6 Å². The van der Waals surface area contributed by atoms with E-state index in [1.54, 1.807) is 185 Å². The first-order chi connectivity index (χ1) is 55.3. The van der Waals surface area contributed by atoms with Crippen LogP contribution in [-0.2, 0) is 116 Å². The van der Waals surface area contributed by atoms with E-state index in [1.165, 1.54) is 13.8 Å². The second-order valence-electron chi connectivity index (χ2n) is 25.8. The van der Waals surface area contributed by atoms with Gasteiger partial charge in [-0.3, -0.25) is 29.9 Å². The predicted octanol–water partition coefficient (Wildman–Crippen LogP) is 11.0. The fourth-order valence-corrected chi connectivity index (χ4v) is 16.8. The van der Waals surface area contributed by atoms with Crippen molar-refractivity contribution in [3.05, 3.63) is 422 Å². The Morgan fingerprint density at radius 1 is 0.238 bits per heavy atom. The van der Waals surface area contributed by atoms with Gasteiger partial charge in [0.05, 0.1) is 10.3 Å². The van der Waals surface area contributed by atoms with E-state index in [0.29, 0.717) is 44.5 Å². The smallest absolute Gasteiger partial charge is 0.810 e. The maximum absolute atomic E-state index is 11.9. The molecule has 2 atom stereocenters. The zero-order valence-electron chi connectivity index (χ0n) is 66.2. The zero-order valence-corrected chi connectivity index (χ0v) is 74.0. The molecule has 24 nitrogen and oxygen atoms in total. The first-order valence-electron chi connectivity index (χ1n) is 35.7. The number of benzene rings is 8. The number of fused-ring (bicyclic) bond motifs is 12. The van der Waals surface area contributed by atoms with Crippen molar-refractivity contribution >= 4 is 42.3 Å². The molecule has 0 saturated heterocycles. The third-order valence-corrected chi connectivity index (χ3v) is 24.8. The summed E-state index contributed by atoms with van der Waals surface area (Å²) in [7, 11) is -18.7. The second-order valence-corrected chi connectivity index (χ2v) is 33.5. The Bertz CT molecular complexity index is 4530. The molecule has 32 heteroatoms. The molecule has 6 aromatic heterocycles. The molecule has 0 aliphatic heterocycles. The number of hydrogen-bond donors (Lipinski definition) is 2. The van der Waals surface area contributed by atoms with Gasteiger partial charge in [-0.15, -0.1) is 0 Å². The minimum atomic E-state index is -4.79. The van der Waals surface area contributed by atoms with Crippen molar-refractivity contribution in [2.45, 2.75) is 62.2 Å². The van der Waals surface area contributed by atoms with E-state index < -0.39 is 62.9 Å². The van der Waals surface area contributed by atoms with Gasteiger partial charge in [0.1, 0.15) is 15.2 Å². The molecule has 8 aromatic carbocycles. The van der Waals surface area contributed by atoms with Crippen LogP contribution in [0.15, 0.2) is 378 Å². The normalized spacial score (nSPS) is 13.1. The van der Waals surface area contributed by atoms with Gasteiger partial charge in [0.25, 0.3) is 0 Å². The molecule has 4 aliphatic carbocycles. The van der Waals surface area contributed by atoms with Crippen molar-refractivity contribution in [1.29, 1.82) is 0 Å². The Morgan fingerprint density at radius 2 is 0.344 bits per heavy atom. The van der Waals surface area contributed by atoms with Crippen LogP contribution in [0.5, 0.6) is 0 Å². The van der Waals surface area contributed by atoms with Gasteiger partial charge in [0.15, 0.2) is 0 Å². The Balaban J connectivity index is 0.000000690. The molecule has 0 spiro atoms. The molecule has 0 fully saturated rings. The predicted molar refractivity (Wildman–Crippen MR) is 442 cm³/mol. The van der Waals surface area contributed by atoms with Crippen LogP contribution in [0.4, 0.5) is 0 Å². The Kier molecular flexibility index (Phi) is 47.5. The summed E-state index contributed by atoms with van der Waals surface area (Å²) in [6.07, 6.45) is 21.0. The number of carboxylic acids is 2. The van der Waals surface area contributed by atoms with Gasteiger partial charge in [-0.05, 0) is 203 Å². The maximum atomic E-state index is 11.9. The zero-order chi connectivity index (χ0) is 84.5. The number of rotatable bonds is 4. The summed E-state index contributed by atoms with van der Waals surface area (Å²) in [5.74, 6) is -2.17. The van der Waals surface area contributed by atoms with E-state index >= 15 is 0 Å². The largest absolute Gasteiger partial charge is 2.00 e. The fraction of sp³-hybridized carbons (Fsp3) is 0.111. The van der Waals surface area contributed by atoms with Gasteiger partial charge in [-0.2, -0.15) is 0 Å². The number of hydrogen-bond acceptors (Lipinski definition) is 20. The summed E-state index contributed by atoms with van der Waals surface area (Å²) in [6, 6.07) is 92.3. The third-order valence-electron chi connectivity index (χ3n) is 18.4. The number of carboxylic acid groups (broad SMARTS) is 2.